The van der Waals surface area contributed by atoms with E-state index in [1.807, 2.05) is 18.4 Å². The van der Waals surface area contributed by atoms with Crippen molar-refractivity contribution in [1.29, 1.82) is 5.26 Å². The minimum Gasteiger partial charge on any atom is -0.410 e. The minimum absolute atomic E-state index is 0.363. The molecule has 96 valence electrons. The van der Waals surface area contributed by atoms with Gasteiger partial charge in [-0.05, 0) is 29.9 Å². The van der Waals surface area contributed by atoms with Crippen molar-refractivity contribution in [3.63, 3.8) is 0 Å². The number of benzene rings is 1. The van der Waals surface area contributed by atoms with Crippen LogP contribution in [0.4, 0.5) is 9.80 Å². The van der Waals surface area contributed by atoms with Crippen molar-refractivity contribution < 1.29 is 9.53 Å². The average Bonchev–Trinajstić information content (AvgIpc) is 2.81. The van der Waals surface area contributed by atoms with Crippen LogP contribution in [0.1, 0.15) is 5.56 Å². The zero-order valence-electron chi connectivity index (χ0n) is 9.91. The molecule has 0 atom stereocenters. The number of para-hydroxylation sites is 1. The number of hydrogen-bond acceptors (Lipinski definition) is 6. The zero-order chi connectivity index (χ0) is 13.7. The van der Waals surface area contributed by atoms with Crippen molar-refractivity contribution >= 4 is 34.4 Å². The molecular formula is C12H9N3O2S2. The molecule has 1 N–H and O–H groups in total. The second-order valence-electron chi connectivity index (χ2n) is 3.34. The molecule has 1 aromatic carbocycles. The van der Waals surface area contributed by atoms with Gasteiger partial charge in [-0.2, -0.15) is 9.64 Å². The zero-order valence-corrected chi connectivity index (χ0v) is 11.5. The molecule has 5 nitrogen and oxygen atoms in total. The van der Waals surface area contributed by atoms with Gasteiger partial charge in [0.05, 0.1) is 0 Å². The molecule has 1 heterocycles. The summed E-state index contributed by atoms with van der Waals surface area (Å²) in [6.07, 6.45) is 1.18. The van der Waals surface area contributed by atoms with Crippen LogP contribution in [0.2, 0.25) is 0 Å². The summed E-state index contributed by atoms with van der Waals surface area (Å²) >= 11 is 2.42. The summed E-state index contributed by atoms with van der Waals surface area (Å²) < 4.78 is 9.15. The van der Waals surface area contributed by atoms with Crippen LogP contribution in [0.5, 0.6) is 5.75 Å². The highest BCUT2D eigenvalue weighted by molar-refractivity contribution is 7.98. The summed E-state index contributed by atoms with van der Waals surface area (Å²) in [5.41, 5.74) is 0.363. The van der Waals surface area contributed by atoms with Crippen LogP contribution < -0.4 is 10.1 Å². The predicted octanol–water partition coefficient (Wildman–Crippen LogP) is 3.35. The Bertz CT molecular complexity index is 620. The number of nitrogens with one attached hydrogen (secondary N) is 1. The third-order valence-electron chi connectivity index (χ3n) is 2.14. The van der Waals surface area contributed by atoms with E-state index in [2.05, 4.69) is 9.69 Å². The first-order valence-electron chi connectivity index (χ1n) is 5.22. The normalized spacial score (nSPS) is 9.68. The Balaban J connectivity index is 2.08. The quantitative estimate of drug-likeness (QED) is 0.878. The van der Waals surface area contributed by atoms with Gasteiger partial charge in [0.2, 0.25) is 0 Å². The lowest BCUT2D eigenvalue weighted by Crippen LogP contribution is -2.16. The number of rotatable bonds is 3. The van der Waals surface area contributed by atoms with Crippen molar-refractivity contribution in [1.82, 2.24) is 4.37 Å². The van der Waals surface area contributed by atoms with Crippen LogP contribution in [-0.4, -0.2) is 16.7 Å². The molecule has 0 unspecified atom stereocenters. The third-order valence-corrected chi connectivity index (χ3v) is 3.70. The van der Waals surface area contributed by atoms with Crippen LogP contribution in [0, 0.1) is 11.3 Å². The number of carbonyl (C=O) groups is 1. The van der Waals surface area contributed by atoms with Crippen molar-refractivity contribution in [3.8, 4) is 11.8 Å². The topological polar surface area (TPSA) is 75.0 Å². The first-order valence-corrected chi connectivity index (χ1v) is 7.22. The van der Waals surface area contributed by atoms with E-state index in [0.717, 1.165) is 11.5 Å². The van der Waals surface area contributed by atoms with Crippen LogP contribution in [-0.2, 0) is 0 Å². The van der Waals surface area contributed by atoms with E-state index in [1.54, 1.807) is 24.3 Å². The molecule has 2 rings (SSSR count). The molecule has 0 bridgehead atoms. The number of nitrogens with zero attached hydrogens (tertiary/aromatic N) is 2. The molecule has 0 aliphatic carbocycles. The largest absolute Gasteiger partial charge is 0.417 e. The second-order valence-corrected chi connectivity index (χ2v) is 4.90. The maximum atomic E-state index is 11.7. The van der Waals surface area contributed by atoms with Crippen molar-refractivity contribution in [2.45, 2.75) is 5.03 Å². The molecule has 1 aromatic heterocycles. The fraction of sp³-hybridized carbons (Fsp3) is 0.0833. The smallest absolute Gasteiger partial charge is 0.410 e. The number of ether oxygens (including phenoxy) is 1. The number of thioether (sulfide) groups is 1. The second kappa shape index (κ2) is 6.22. The van der Waals surface area contributed by atoms with Gasteiger partial charge >= 0.3 is 6.09 Å². The number of amides is 1. The van der Waals surface area contributed by atoms with E-state index in [9.17, 15) is 4.79 Å². The number of carbonyl (C=O) groups excluding carboxylic acids is 1. The Morgan fingerprint density at radius 1 is 1.47 bits per heavy atom. The molecule has 0 saturated carbocycles. The van der Waals surface area contributed by atoms with Crippen LogP contribution in [0.3, 0.4) is 0 Å². The summed E-state index contributed by atoms with van der Waals surface area (Å²) in [5, 5.41) is 12.6. The number of anilines is 1. The average molecular weight is 291 g/mol. The Morgan fingerprint density at radius 2 is 2.21 bits per heavy atom. The fourth-order valence-corrected chi connectivity index (χ4v) is 2.77. The molecule has 0 aliphatic rings. The first kappa shape index (κ1) is 13.4. The fourth-order valence-electron chi connectivity index (χ4n) is 1.31. The van der Waals surface area contributed by atoms with Crippen LogP contribution in [0.15, 0.2) is 35.4 Å². The number of aromatic nitrogens is 1. The Labute approximate surface area is 118 Å². The molecular weight excluding hydrogens is 282 g/mol. The molecule has 7 heteroatoms. The number of hydrogen-bond donors (Lipinski definition) is 1. The highest BCUT2D eigenvalue weighted by atomic mass is 32.2. The standard InChI is InChI=1S/C12H9N3O2S2/c1-18-11-9(7-13)10(19-15-11)14-12(16)17-8-5-3-2-4-6-8/h2-6H,1H3,(H,14,16). The lowest BCUT2D eigenvalue weighted by molar-refractivity contribution is 0.215. The molecule has 0 fully saturated rings. The van der Waals surface area contributed by atoms with Gasteiger partial charge in [0.25, 0.3) is 0 Å². The van der Waals surface area contributed by atoms with Crippen molar-refractivity contribution in [3.05, 3.63) is 35.9 Å². The minimum atomic E-state index is -0.640. The molecule has 0 spiro atoms. The number of nitriles is 1. The molecule has 0 saturated heterocycles. The van der Waals surface area contributed by atoms with E-state index in [4.69, 9.17) is 10.00 Å². The lowest BCUT2D eigenvalue weighted by Gasteiger charge is -2.04. The molecule has 19 heavy (non-hydrogen) atoms. The van der Waals surface area contributed by atoms with Gasteiger partial charge in [-0.3, -0.25) is 5.32 Å². The summed E-state index contributed by atoms with van der Waals surface area (Å²) in [7, 11) is 0. The van der Waals surface area contributed by atoms with E-state index >= 15 is 0 Å². The summed E-state index contributed by atoms with van der Waals surface area (Å²) in [6, 6.07) is 10.7. The van der Waals surface area contributed by atoms with E-state index < -0.39 is 6.09 Å². The maximum Gasteiger partial charge on any atom is 0.417 e. The molecule has 0 aliphatic heterocycles. The van der Waals surface area contributed by atoms with Gasteiger partial charge in [0, 0.05) is 0 Å². The van der Waals surface area contributed by atoms with E-state index in [0.29, 0.717) is 21.3 Å². The van der Waals surface area contributed by atoms with E-state index in [-0.39, 0.29) is 0 Å². The van der Waals surface area contributed by atoms with Gasteiger partial charge in [0.1, 0.15) is 27.4 Å². The molecule has 2 aromatic rings. The van der Waals surface area contributed by atoms with Crippen molar-refractivity contribution in [2.24, 2.45) is 0 Å². The molecule has 1 amide bonds. The monoisotopic (exact) mass is 291 g/mol. The Kier molecular flexibility index (Phi) is 4.39. The summed E-state index contributed by atoms with van der Waals surface area (Å²) in [5.74, 6) is 0.438. The van der Waals surface area contributed by atoms with Gasteiger partial charge in [-0.1, -0.05) is 18.2 Å². The van der Waals surface area contributed by atoms with Crippen LogP contribution in [0.25, 0.3) is 0 Å². The maximum absolute atomic E-state index is 11.7. The van der Waals surface area contributed by atoms with Crippen LogP contribution >= 0.6 is 23.3 Å². The molecule has 0 radical (unpaired) electrons. The third kappa shape index (κ3) is 3.24. The summed E-state index contributed by atoms with van der Waals surface area (Å²) in [6.45, 7) is 0. The van der Waals surface area contributed by atoms with Gasteiger partial charge in [-0.15, -0.1) is 11.8 Å². The Morgan fingerprint density at radius 3 is 2.84 bits per heavy atom. The lowest BCUT2D eigenvalue weighted by atomic mass is 10.3. The summed E-state index contributed by atoms with van der Waals surface area (Å²) in [4.78, 5) is 11.7. The Hall–Kier alpha value is -2.04. The van der Waals surface area contributed by atoms with Gasteiger partial charge in [-0.25, -0.2) is 4.79 Å². The first-order chi connectivity index (χ1) is 9.24. The highest BCUT2D eigenvalue weighted by Gasteiger charge is 2.15. The van der Waals surface area contributed by atoms with E-state index in [1.165, 1.54) is 11.8 Å². The van der Waals surface area contributed by atoms with Crippen molar-refractivity contribution in [2.75, 3.05) is 11.6 Å². The highest BCUT2D eigenvalue weighted by Crippen LogP contribution is 2.29. The SMILES string of the molecule is CSc1nsc(NC(=O)Oc2ccccc2)c1C#N. The predicted molar refractivity (Wildman–Crippen MR) is 74.7 cm³/mol. The van der Waals surface area contributed by atoms with Gasteiger partial charge < -0.3 is 4.74 Å². The van der Waals surface area contributed by atoms with Gasteiger partial charge in [0.15, 0.2) is 0 Å².